The number of hydrogen-bond acceptors (Lipinski definition) is 3. The molecule has 1 aliphatic rings. The Bertz CT molecular complexity index is 428. The lowest BCUT2D eigenvalue weighted by Gasteiger charge is -2.33. The Morgan fingerprint density at radius 2 is 2.10 bits per heavy atom. The minimum absolute atomic E-state index is 0.142. The van der Waals surface area contributed by atoms with Crippen LogP contribution in [-0.4, -0.2) is 37.1 Å². The third kappa shape index (κ3) is 4.83. The van der Waals surface area contributed by atoms with Gasteiger partial charge in [-0.05, 0) is 24.3 Å². The summed E-state index contributed by atoms with van der Waals surface area (Å²) in [5, 5.41) is 0. The second-order valence-electron chi connectivity index (χ2n) is 5.85. The molecule has 0 aromatic heterocycles. The Labute approximate surface area is 127 Å². The number of benzene rings is 1. The van der Waals surface area contributed by atoms with Crippen LogP contribution in [0, 0.1) is 5.92 Å². The van der Waals surface area contributed by atoms with Crippen LogP contribution in [0.25, 0.3) is 0 Å². The Balaban J connectivity index is 1.98. The molecular formula is C17H26N2O2. The molecule has 2 N–H and O–H groups in total. The summed E-state index contributed by atoms with van der Waals surface area (Å²) < 4.78 is 5.24. The maximum Gasteiger partial charge on any atom is 0.225 e. The number of carbonyl (C=O) groups is 1. The topological polar surface area (TPSA) is 55.6 Å². The number of nitrogens with zero attached hydrogens (tertiary/aromatic N) is 1. The molecule has 0 radical (unpaired) electrons. The molecule has 0 heterocycles. The van der Waals surface area contributed by atoms with Crippen molar-refractivity contribution in [2.24, 2.45) is 11.7 Å². The van der Waals surface area contributed by atoms with Gasteiger partial charge in [0, 0.05) is 26.7 Å². The van der Waals surface area contributed by atoms with Gasteiger partial charge in [-0.15, -0.1) is 0 Å². The molecular weight excluding hydrogens is 264 g/mol. The van der Waals surface area contributed by atoms with Crippen molar-refractivity contribution in [3.63, 3.8) is 0 Å². The van der Waals surface area contributed by atoms with Crippen LogP contribution in [0.15, 0.2) is 30.3 Å². The Morgan fingerprint density at radius 3 is 2.62 bits per heavy atom. The van der Waals surface area contributed by atoms with Crippen LogP contribution < -0.4 is 5.73 Å². The van der Waals surface area contributed by atoms with E-state index >= 15 is 0 Å². The summed E-state index contributed by atoms with van der Waals surface area (Å²) in [4.78, 5) is 14.5. The molecule has 1 atom stereocenters. The van der Waals surface area contributed by atoms with E-state index in [9.17, 15) is 4.79 Å². The molecule has 4 nitrogen and oxygen atoms in total. The average molecular weight is 290 g/mol. The van der Waals surface area contributed by atoms with Gasteiger partial charge in [0.2, 0.25) is 5.91 Å². The Kier molecular flexibility index (Phi) is 6.21. The SMILES string of the molecule is COC(CN)CC(=O)N(Cc1ccccc1)CC1CCC1. The van der Waals surface area contributed by atoms with Crippen molar-refractivity contribution >= 4 is 5.91 Å². The zero-order valence-electron chi connectivity index (χ0n) is 12.8. The summed E-state index contributed by atoms with van der Waals surface area (Å²) >= 11 is 0. The molecule has 2 rings (SSSR count). The van der Waals surface area contributed by atoms with Crippen molar-refractivity contribution in [3.8, 4) is 0 Å². The molecule has 1 saturated carbocycles. The van der Waals surface area contributed by atoms with E-state index in [1.807, 2.05) is 23.1 Å². The summed E-state index contributed by atoms with van der Waals surface area (Å²) in [5.74, 6) is 0.805. The van der Waals surface area contributed by atoms with Crippen LogP contribution in [0.2, 0.25) is 0 Å². The van der Waals surface area contributed by atoms with Crippen molar-refractivity contribution in [2.75, 3.05) is 20.2 Å². The lowest BCUT2D eigenvalue weighted by atomic mass is 9.85. The molecule has 4 heteroatoms. The summed E-state index contributed by atoms with van der Waals surface area (Å²) in [6.07, 6.45) is 3.96. The quantitative estimate of drug-likeness (QED) is 0.798. The number of nitrogens with two attached hydrogens (primary N) is 1. The molecule has 0 spiro atoms. The Morgan fingerprint density at radius 1 is 1.38 bits per heavy atom. The molecule has 1 amide bonds. The highest BCUT2D eigenvalue weighted by Gasteiger charge is 2.25. The number of methoxy groups -OCH3 is 1. The molecule has 1 aromatic carbocycles. The van der Waals surface area contributed by atoms with E-state index in [2.05, 4.69) is 12.1 Å². The zero-order valence-corrected chi connectivity index (χ0v) is 12.8. The standard InChI is InChI=1S/C17H26N2O2/c1-21-16(11-18)10-17(20)19(13-15-8-5-9-15)12-14-6-3-2-4-7-14/h2-4,6-7,15-16H,5,8-13,18H2,1H3. The molecule has 1 aromatic rings. The van der Waals surface area contributed by atoms with Gasteiger partial charge in [0.05, 0.1) is 12.5 Å². The van der Waals surface area contributed by atoms with Gasteiger partial charge < -0.3 is 15.4 Å². The van der Waals surface area contributed by atoms with Gasteiger partial charge in [-0.3, -0.25) is 4.79 Å². The Hall–Kier alpha value is -1.39. The van der Waals surface area contributed by atoms with Crippen LogP contribution in [-0.2, 0) is 16.1 Å². The molecule has 0 aliphatic heterocycles. The number of ether oxygens (including phenoxy) is 1. The first kappa shape index (κ1) is 16.0. The molecule has 21 heavy (non-hydrogen) atoms. The van der Waals surface area contributed by atoms with Crippen molar-refractivity contribution in [3.05, 3.63) is 35.9 Å². The second kappa shape index (κ2) is 8.15. The van der Waals surface area contributed by atoms with E-state index in [1.165, 1.54) is 24.8 Å². The van der Waals surface area contributed by atoms with Gasteiger partial charge >= 0.3 is 0 Å². The lowest BCUT2D eigenvalue weighted by Crippen LogP contribution is -2.39. The van der Waals surface area contributed by atoms with E-state index in [4.69, 9.17) is 10.5 Å². The first-order chi connectivity index (χ1) is 10.2. The van der Waals surface area contributed by atoms with Gasteiger partial charge in [0.15, 0.2) is 0 Å². The summed E-state index contributed by atoms with van der Waals surface area (Å²) in [6.45, 7) is 1.91. The fourth-order valence-corrected chi connectivity index (χ4v) is 2.63. The first-order valence-corrected chi connectivity index (χ1v) is 7.77. The minimum Gasteiger partial charge on any atom is -0.380 e. The van der Waals surface area contributed by atoms with Gasteiger partial charge in [0.1, 0.15) is 0 Å². The first-order valence-electron chi connectivity index (χ1n) is 7.77. The van der Waals surface area contributed by atoms with Crippen molar-refractivity contribution < 1.29 is 9.53 Å². The summed E-state index contributed by atoms with van der Waals surface area (Å²) in [7, 11) is 1.61. The molecule has 1 aliphatic carbocycles. The van der Waals surface area contributed by atoms with Gasteiger partial charge in [-0.2, -0.15) is 0 Å². The highest BCUT2D eigenvalue weighted by atomic mass is 16.5. The third-order valence-electron chi connectivity index (χ3n) is 4.27. The normalized spacial score (nSPS) is 16.3. The predicted octanol–water partition coefficient (Wildman–Crippen LogP) is 2.18. The van der Waals surface area contributed by atoms with E-state index in [1.54, 1.807) is 7.11 Å². The van der Waals surface area contributed by atoms with Crippen LogP contribution in [0.5, 0.6) is 0 Å². The number of rotatable bonds is 8. The van der Waals surface area contributed by atoms with Crippen molar-refractivity contribution in [2.45, 2.75) is 38.3 Å². The average Bonchev–Trinajstić information content (AvgIpc) is 2.47. The molecule has 0 saturated heterocycles. The fraction of sp³-hybridized carbons (Fsp3) is 0.588. The van der Waals surface area contributed by atoms with Crippen molar-refractivity contribution in [1.82, 2.24) is 4.90 Å². The van der Waals surface area contributed by atoms with Gasteiger partial charge in [-0.1, -0.05) is 36.8 Å². The predicted molar refractivity (Wildman–Crippen MR) is 83.7 cm³/mol. The number of hydrogen-bond donors (Lipinski definition) is 1. The second-order valence-corrected chi connectivity index (χ2v) is 5.85. The van der Waals surface area contributed by atoms with Crippen LogP contribution in [0.4, 0.5) is 0 Å². The lowest BCUT2D eigenvalue weighted by molar-refractivity contribution is -0.135. The minimum atomic E-state index is -0.183. The van der Waals surface area contributed by atoms with E-state index in [-0.39, 0.29) is 12.0 Å². The van der Waals surface area contributed by atoms with Crippen LogP contribution in [0.3, 0.4) is 0 Å². The smallest absolute Gasteiger partial charge is 0.225 e. The van der Waals surface area contributed by atoms with Gasteiger partial charge in [0.25, 0.3) is 0 Å². The molecule has 1 unspecified atom stereocenters. The molecule has 1 fully saturated rings. The monoisotopic (exact) mass is 290 g/mol. The fourth-order valence-electron chi connectivity index (χ4n) is 2.63. The zero-order chi connectivity index (χ0) is 15.1. The van der Waals surface area contributed by atoms with E-state index in [0.29, 0.717) is 25.4 Å². The maximum atomic E-state index is 12.5. The number of carbonyl (C=O) groups excluding carboxylic acids is 1. The van der Waals surface area contributed by atoms with Crippen molar-refractivity contribution in [1.29, 1.82) is 0 Å². The van der Waals surface area contributed by atoms with Gasteiger partial charge in [-0.25, -0.2) is 0 Å². The molecule has 116 valence electrons. The third-order valence-corrected chi connectivity index (χ3v) is 4.27. The van der Waals surface area contributed by atoms with Crippen LogP contribution >= 0.6 is 0 Å². The number of amides is 1. The summed E-state index contributed by atoms with van der Waals surface area (Å²) in [5.41, 5.74) is 6.80. The largest absolute Gasteiger partial charge is 0.380 e. The van der Waals surface area contributed by atoms with E-state index in [0.717, 1.165) is 6.54 Å². The van der Waals surface area contributed by atoms with Crippen LogP contribution in [0.1, 0.15) is 31.2 Å². The molecule has 0 bridgehead atoms. The highest BCUT2D eigenvalue weighted by molar-refractivity contribution is 5.76. The highest BCUT2D eigenvalue weighted by Crippen LogP contribution is 2.28. The summed E-state index contributed by atoms with van der Waals surface area (Å²) in [6, 6.07) is 10.2. The maximum absolute atomic E-state index is 12.5. The van der Waals surface area contributed by atoms with E-state index < -0.39 is 0 Å².